The average molecular weight is 284 g/mol. The Morgan fingerprint density at radius 3 is 2.68 bits per heavy atom. The van der Waals surface area contributed by atoms with E-state index in [1.165, 1.54) is 0 Å². The smallest absolute Gasteiger partial charge is 0.255 e. The number of rotatable bonds is 3. The molecule has 19 heavy (non-hydrogen) atoms. The second-order valence-electron chi connectivity index (χ2n) is 6.18. The van der Waals surface area contributed by atoms with Gasteiger partial charge >= 0.3 is 0 Å². The number of pyridine rings is 1. The molecule has 0 saturated carbocycles. The maximum atomic E-state index is 12.5. The lowest BCUT2D eigenvalue weighted by Crippen LogP contribution is -2.34. The van der Waals surface area contributed by atoms with Gasteiger partial charge < -0.3 is 9.30 Å². The minimum absolute atomic E-state index is 0.0259. The highest BCUT2D eigenvalue weighted by Crippen LogP contribution is 2.23. The van der Waals surface area contributed by atoms with E-state index in [1.54, 1.807) is 0 Å². The normalized spacial score (nSPS) is 19.9. The molecule has 3 nitrogen and oxygen atoms in total. The number of hydrogen-bond acceptors (Lipinski definition) is 2. The molecule has 0 radical (unpaired) electrons. The predicted octanol–water partition coefficient (Wildman–Crippen LogP) is 3.06. The Balaban J connectivity index is 2.43. The van der Waals surface area contributed by atoms with Crippen LogP contribution >= 0.6 is 11.6 Å². The minimum atomic E-state index is -0.0669. The van der Waals surface area contributed by atoms with Crippen molar-refractivity contribution in [1.82, 2.24) is 4.57 Å². The standard InChI is InChI=1S/C15H22ClNO2/c1-15(2,3)13-7-6-11(9-16)14(18)17(13)10-12-5-4-8-19-12/h6-7,12H,4-5,8-10H2,1-3H3. The Morgan fingerprint density at radius 2 is 2.16 bits per heavy atom. The lowest BCUT2D eigenvalue weighted by Gasteiger charge is -2.26. The highest BCUT2D eigenvalue weighted by molar-refractivity contribution is 6.17. The van der Waals surface area contributed by atoms with Crippen molar-refractivity contribution < 1.29 is 4.74 Å². The third-order valence-electron chi connectivity index (χ3n) is 3.58. The van der Waals surface area contributed by atoms with Crippen LogP contribution in [0.25, 0.3) is 0 Å². The van der Waals surface area contributed by atoms with E-state index in [-0.39, 0.29) is 23.0 Å². The second-order valence-corrected chi connectivity index (χ2v) is 6.45. The van der Waals surface area contributed by atoms with Crippen LogP contribution in [0.4, 0.5) is 0 Å². The zero-order valence-electron chi connectivity index (χ0n) is 11.9. The molecule has 4 heteroatoms. The number of alkyl halides is 1. The van der Waals surface area contributed by atoms with E-state index in [2.05, 4.69) is 20.8 Å². The highest BCUT2D eigenvalue weighted by Gasteiger charge is 2.23. The fourth-order valence-electron chi connectivity index (χ4n) is 2.55. The molecule has 2 rings (SSSR count). The van der Waals surface area contributed by atoms with E-state index in [1.807, 2.05) is 16.7 Å². The van der Waals surface area contributed by atoms with Crippen molar-refractivity contribution in [2.75, 3.05) is 6.61 Å². The van der Waals surface area contributed by atoms with Crippen molar-refractivity contribution in [2.45, 2.75) is 57.6 Å². The first-order valence-corrected chi connectivity index (χ1v) is 7.37. The average Bonchev–Trinajstić information content (AvgIpc) is 2.83. The molecule has 1 aliphatic rings. The lowest BCUT2D eigenvalue weighted by atomic mass is 9.90. The summed E-state index contributed by atoms with van der Waals surface area (Å²) in [5.41, 5.74) is 1.66. The quantitative estimate of drug-likeness (QED) is 0.799. The fourth-order valence-corrected chi connectivity index (χ4v) is 2.76. The Kier molecular flexibility index (Phi) is 4.36. The van der Waals surface area contributed by atoms with Crippen molar-refractivity contribution in [3.63, 3.8) is 0 Å². The molecule has 0 aliphatic carbocycles. The van der Waals surface area contributed by atoms with Crippen LogP contribution in [0, 0.1) is 0 Å². The summed E-state index contributed by atoms with van der Waals surface area (Å²) in [5.74, 6) is 0.259. The molecule has 1 atom stereocenters. The van der Waals surface area contributed by atoms with Gasteiger partial charge in [-0.2, -0.15) is 0 Å². The van der Waals surface area contributed by atoms with Gasteiger partial charge in [-0.15, -0.1) is 11.6 Å². The van der Waals surface area contributed by atoms with Crippen LogP contribution in [-0.4, -0.2) is 17.3 Å². The third-order valence-corrected chi connectivity index (χ3v) is 3.86. The molecule has 1 aromatic heterocycles. The summed E-state index contributed by atoms with van der Waals surface area (Å²) in [5, 5.41) is 0. The van der Waals surface area contributed by atoms with Gasteiger partial charge in [-0.25, -0.2) is 0 Å². The molecule has 1 saturated heterocycles. The number of ether oxygens (including phenoxy) is 1. The van der Waals surface area contributed by atoms with Gasteiger partial charge in [-0.3, -0.25) is 4.79 Å². The van der Waals surface area contributed by atoms with Gasteiger partial charge in [0.15, 0.2) is 0 Å². The number of aromatic nitrogens is 1. The zero-order chi connectivity index (χ0) is 14.0. The van der Waals surface area contributed by atoms with Gasteiger partial charge in [-0.05, 0) is 18.9 Å². The number of halogens is 1. The van der Waals surface area contributed by atoms with Crippen molar-refractivity contribution in [3.8, 4) is 0 Å². The van der Waals surface area contributed by atoms with E-state index in [0.717, 1.165) is 25.1 Å². The first-order valence-electron chi connectivity index (χ1n) is 6.84. The molecular formula is C15H22ClNO2. The van der Waals surface area contributed by atoms with E-state index < -0.39 is 0 Å². The summed E-state index contributed by atoms with van der Waals surface area (Å²) < 4.78 is 7.52. The van der Waals surface area contributed by atoms with Crippen LogP contribution in [0.3, 0.4) is 0 Å². The molecule has 0 bridgehead atoms. The van der Waals surface area contributed by atoms with E-state index in [9.17, 15) is 4.79 Å². The summed E-state index contributed by atoms with van der Waals surface area (Å²) >= 11 is 5.84. The summed E-state index contributed by atoms with van der Waals surface area (Å²) in [6.07, 6.45) is 2.27. The first-order chi connectivity index (χ1) is 8.93. The Hall–Kier alpha value is -0.800. The summed E-state index contributed by atoms with van der Waals surface area (Å²) in [6, 6.07) is 3.87. The Morgan fingerprint density at radius 1 is 1.42 bits per heavy atom. The van der Waals surface area contributed by atoms with Crippen molar-refractivity contribution in [2.24, 2.45) is 0 Å². The van der Waals surface area contributed by atoms with Crippen LogP contribution < -0.4 is 5.56 Å². The predicted molar refractivity (Wildman–Crippen MR) is 77.9 cm³/mol. The molecular weight excluding hydrogens is 262 g/mol. The van der Waals surface area contributed by atoms with E-state index >= 15 is 0 Å². The van der Waals surface area contributed by atoms with Crippen molar-refractivity contribution in [1.29, 1.82) is 0 Å². The maximum Gasteiger partial charge on any atom is 0.255 e. The van der Waals surface area contributed by atoms with Gasteiger partial charge in [0.1, 0.15) is 0 Å². The van der Waals surface area contributed by atoms with Crippen molar-refractivity contribution in [3.05, 3.63) is 33.7 Å². The van der Waals surface area contributed by atoms with Crippen LogP contribution in [-0.2, 0) is 22.6 Å². The summed E-state index contributed by atoms with van der Waals surface area (Å²) in [6.45, 7) is 7.80. The monoisotopic (exact) mass is 283 g/mol. The number of nitrogens with zero attached hydrogens (tertiary/aromatic N) is 1. The largest absolute Gasteiger partial charge is 0.376 e. The molecule has 0 amide bonds. The molecule has 1 unspecified atom stereocenters. The summed E-state index contributed by atoms with van der Waals surface area (Å²) in [4.78, 5) is 12.5. The molecule has 1 aliphatic heterocycles. The topological polar surface area (TPSA) is 31.2 Å². The first kappa shape index (κ1) is 14.6. The molecule has 106 valence electrons. The molecule has 0 N–H and O–H groups in total. The van der Waals surface area contributed by atoms with Gasteiger partial charge in [0.2, 0.25) is 0 Å². The second kappa shape index (κ2) is 5.68. The van der Waals surface area contributed by atoms with Crippen LogP contribution in [0.1, 0.15) is 44.9 Å². The van der Waals surface area contributed by atoms with Gasteiger partial charge in [-0.1, -0.05) is 26.8 Å². The van der Waals surface area contributed by atoms with E-state index in [0.29, 0.717) is 12.1 Å². The molecule has 1 fully saturated rings. The van der Waals surface area contributed by atoms with Crippen LogP contribution in [0.2, 0.25) is 0 Å². The Bertz CT molecular complexity index is 496. The zero-order valence-corrected chi connectivity index (χ0v) is 12.7. The highest BCUT2D eigenvalue weighted by atomic mass is 35.5. The maximum absolute atomic E-state index is 12.5. The Labute approximate surface area is 119 Å². The minimum Gasteiger partial charge on any atom is -0.376 e. The van der Waals surface area contributed by atoms with Gasteiger partial charge in [0, 0.05) is 23.3 Å². The van der Waals surface area contributed by atoms with Crippen LogP contribution in [0.15, 0.2) is 16.9 Å². The fraction of sp³-hybridized carbons (Fsp3) is 0.667. The molecule has 2 heterocycles. The third kappa shape index (κ3) is 3.21. The lowest BCUT2D eigenvalue weighted by molar-refractivity contribution is 0.0946. The van der Waals surface area contributed by atoms with Crippen LogP contribution in [0.5, 0.6) is 0 Å². The van der Waals surface area contributed by atoms with E-state index in [4.69, 9.17) is 16.3 Å². The molecule has 0 spiro atoms. The number of hydrogen-bond donors (Lipinski definition) is 0. The van der Waals surface area contributed by atoms with Gasteiger partial charge in [0.25, 0.3) is 5.56 Å². The van der Waals surface area contributed by atoms with Crippen molar-refractivity contribution >= 4 is 11.6 Å². The van der Waals surface area contributed by atoms with Gasteiger partial charge in [0.05, 0.1) is 18.5 Å². The summed E-state index contributed by atoms with van der Waals surface area (Å²) in [7, 11) is 0. The SMILES string of the molecule is CC(C)(C)c1ccc(CCl)c(=O)n1CC1CCCO1. The molecule has 0 aromatic carbocycles. The molecule has 1 aromatic rings.